The van der Waals surface area contributed by atoms with E-state index in [0.717, 1.165) is 24.2 Å². The number of fused-ring (bicyclic) bond motifs is 1. The van der Waals surface area contributed by atoms with Gasteiger partial charge in [0.2, 0.25) is 0 Å². The first kappa shape index (κ1) is 13.1. The van der Waals surface area contributed by atoms with Crippen molar-refractivity contribution in [2.75, 3.05) is 6.61 Å². The molecule has 1 aromatic carbocycles. The van der Waals surface area contributed by atoms with Crippen molar-refractivity contribution in [1.29, 1.82) is 0 Å². The average Bonchev–Trinajstić information content (AvgIpc) is 2.91. The molecule has 0 bridgehead atoms. The number of nitrogens with zero attached hydrogens (tertiary/aromatic N) is 1. The molecule has 1 heterocycles. The maximum atomic E-state index is 6.45. The number of pyridine rings is 1. The first-order valence-electron chi connectivity index (χ1n) is 7.18. The molecule has 1 atom stereocenters. The molecule has 20 heavy (non-hydrogen) atoms. The van der Waals surface area contributed by atoms with Gasteiger partial charge in [0, 0.05) is 12.2 Å². The lowest BCUT2D eigenvalue weighted by atomic mass is 9.92. The van der Waals surface area contributed by atoms with Gasteiger partial charge in [0.1, 0.15) is 5.75 Å². The topological polar surface area (TPSA) is 48.1 Å². The van der Waals surface area contributed by atoms with E-state index < -0.39 is 0 Å². The van der Waals surface area contributed by atoms with Crippen molar-refractivity contribution in [3.8, 4) is 5.75 Å². The van der Waals surface area contributed by atoms with Crippen LogP contribution < -0.4 is 10.5 Å². The Morgan fingerprint density at radius 3 is 2.60 bits per heavy atom. The van der Waals surface area contributed by atoms with Gasteiger partial charge in [-0.2, -0.15) is 0 Å². The van der Waals surface area contributed by atoms with Gasteiger partial charge in [-0.25, -0.2) is 0 Å². The van der Waals surface area contributed by atoms with Crippen LogP contribution in [0.25, 0.3) is 0 Å². The van der Waals surface area contributed by atoms with Crippen molar-refractivity contribution in [3.05, 3.63) is 59.4 Å². The Labute approximate surface area is 119 Å². The molecule has 2 aromatic rings. The molecule has 1 aliphatic carbocycles. The van der Waals surface area contributed by atoms with E-state index in [1.807, 2.05) is 19.2 Å². The zero-order valence-corrected chi connectivity index (χ0v) is 11.8. The van der Waals surface area contributed by atoms with E-state index in [-0.39, 0.29) is 6.04 Å². The molecule has 2 N–H and O–H groups in total. The highest BCUT2D eigenvalue weighted by Gasteiger charge is 2.27. The number of nitrogens with two attached hydrogens (primary N) is 1. The third kappa shape index (κ3) is 2.54. The molecule has 0 saturated heterocycles. The van der Waals surface area contributed by atoms with Crippen LogP contribution in [0.3, 0.4) is 0 Å². The molecule has 3 nitrogen and oxygen atoms in total. The maximum absolute atomic E-state index is 6.45. The van der Waals surface area contributed by atoms with Gasteiger partial charge in [-0.05, 0) is 48.4 Å². The molecule has 3 rings (SSSR count). The zero-order chi connectivity index (χ0) is 13.9. The van der Waals surface area contributed by atoms with Crippen LogP contribution in [0, 0.1) is 5.92 Å². The Morgan fingerprint density at radius 1 is 1.25 bits per heavy atom. The predicted molar refractivity (Wildman–Crippen MR) is 79.7 cm³/mol. The van der Waals surface area contributed by atoms with Crippen molar-refractivity contribution in [1.82, 2.24) is 4.98 Å². The second-order valence-electron chi connectivity index (χ2n) is 5.35. The fourth-order valence-corrected chi connectivity index (χ4v) is 2.98. The summed E-state index contributed by atoms with van der Waals surface area (Å²) in [7, 11) is 0. The van der Waals surface area contributed by atoms with E-state index in [4.69, 9.17) is 10.5 Å². The Kier molecular flexibility index (Phi) is 3.70. The summed E-state index contributed by atoms with van der Waals surface area (Å²) in [4.78, 5) is 4.24. The van der Waals surface area contributed by atoms with Gasteiger partial charge < -0.3 is 10.5 Å². The molecular formula is C17H20N2O. The monoisotopic (exact) mass is 268 g/mol. The fraction of sp³-hybridized carbons (Fsp3) is 0.353. The molecule has 104 valence electrons. The summed E-state index contributed by atoms with van der Waals surface area (Å²) >= 11 is 0. The second-order valence-corrected chi connectivity index (χ2v) is 5.35. The second kappa shape index (κ2) is 5.63. The van der Waals surface area contributed by atoms with Gasteiger partial charge >= 0.3 is 0 Å². The third-order valence-electron chi connectivity index (χ3n) is 4.02. The van der Waals surface area contributed by atoms with Crippen LogP contribution in [0.2, 0.25) is 0 Å². The van der Waals surface area contributed by atoms with Crippen molar-refractivity contribution in [2.45, 2.75) is 25.8 Å². The molecule has 0 fully saturated rings. The minimum Gasteiger partial charge on any atom is -0.492 e. The minimum atomic E-state index is 0.00954. The van der Waals surface area contributed by atoms with E-state index in [2.05, 4.69) is 29.2 Å². The molecule has 0 saturated carbocycles. The lowest BCUT2D eigenvalue weighted by molar-refractivity contribution is 0.337. The summed E-state index contributed by atoms with van der Waals surface area (Å²) in [6.45, 7) is 2.62. The Hall–Kier alpha value is -1.87. The van der Waals surface area contributed by atoms with Gasteiger partial charge in [0.15, 0.2) is 0 Å². The molecule has 1 unspecified atom stereocenters. The lowest BCUT2D eigenvalue weighted by Gasteiger charge is -2.19. The van der Waals surface area contributed by atoms with Gasteiger partial charge in [-0.3, -0.25) is 4.98 Å². The van der Waals surface area contributed by atoms with Crippen LogP contribution in [0.15, 0.2) is 42.7 Å². The number of hydrogen-bond acceptors (Lipinski definition) is 3. The van der Waals surface area contributed by atoms with E-state index in [9.17, 15) is 0 Å². The van der Waals surface area contributed by atoms with Crippen molar-refractivity contribution in [2.24, 2.45) is 11.7 Å². The summed E-state index contributed by atoms with van der Waals surface area (Å²) in [6.07, 6.45) is 5.70. The summed E-state index contributed by atoms with van der Waals surface area (Å²) in [6, 6.07) is 10.6. The summed E-state index contributed by atoms with van der Waals surface area (Å²) in [5.41, 5.74) is 10.4. The Balaban J connectivity index is 1.77. The summed E-state index contributed by atoms with van der Waals surface area (Å²) in [5, 5.41) is 0. The molecule has 0 radical (unpaired) electrons. The largest absolute Gasteiger partial charge is 0.492 e. The quantitative estimate of drug-likeness (QED) is 0.927. The third-order valence-corrected chi connectivity index (χ3v) is 4.02. The van der Waals surface area contributed by atoms with Crippen LogP contribution in [0.5, 0.6) is 5.75 Å². The van der Waals surface area contributed by atoms with Gasteiger partial charge in [-0.15, -0.1) is 0 Å². The highest BCUT2D eigenvalue weighted by Crippen LogP contribution is 2.34. The SMILES string of the molecule is CCOc1cncc(C(N)C2Cc3ccccc3C2)c1. The number of benzene rings is 1. The Bertz CT molecular complexity index is 572. The molecule has 0 spiro atoms. The smallest absolute Gasteiger partial charge is 0.137 e. The lowest BCUT2D eigenvalue weighted by Crippen LogP contribution is -2.22. The molecule has 1 aliphatic rings. The van der Waals surface area contributed by atoms with Crippen LogP contribution in [-0.4, -0.2) is 11.6 Å². The van der Waals surface area contributed by atoms with E-state index in [1.54, 1.807) is 6.20 Å². The normalized spacial score (nSPS) is 15.9. The number of rotatable bonds is 4. The Morgan fingerprint density at radius 2 is 1.95 bits per heavy atom. The van der Waals surface area contributed by atoms with Crippen LogP contribution >= 0.6 is 0 Å². The standard InChI is InChI=1S/C17H20N2O/c1-2-20-16-9-15(10-19-11-16)17(18)14-7-12-5-3-4-6-13(12)8-14/h3-6,9-11,14,17H,2,7-8,18H2,1H3. The molecule has 1 aromatic heterocycles. The maximum Gasteiger partial charge on any atom is 0.137 e. The molecular weight excluding hydrogens is 248 g/mol. The highest BCUT2D eigenvalue weighted by atomic mass is 16.5. The van der Waals surface area contributed by atoms with E-state index in [1.165, 1.54) is 11.1 Å². The number of hydrogen-bond donors (Lipinski definition) is 1. The average molecular weight is 268 g/mol. The molecule has 0 amide bonds. The van der Waals surface area contributed by atoms with E-state index >= 15 is 0 Å². The van der Waals surface area contributed by atoms with Crippen molar-refractivity contribution < 1.29 is 4.74 Å². The summed E-state index contributed by atoms with van der Waals surface area (Å²) in [5.74, 6) is 1.25. The molecule has 3 heteroatoms. The number of aromatic nitrogens is 1. The van der Waals surface area contributed by atoms with Crippen molar-refractivity contribution >= 4 is 0 Å². The van der Waals surface area contributed by atoms with Crippen LogP contribution in [-0.2, 0) is 12.8 Å². The van der Waals surface area contributed by atoms with Gasteiger partial charge in [0.25, 0.3) is 0 Å². The first-order chi connectivity index (χ1) is 9.78. The summed E-state index contributed by atoms with van der Waals surface area (Å²) < 4.78 is 5.50. The van der Waals surface area contributed by atoms with Gasteiger partial charge in [-0.1, -0.05) is 24.3 Å². The first-order valence-corrected chi connectivity index (χ1v) is 7.18. The fourth-order valence-electron chi connectivity index (χ4n) is 2.98. The zero-order valence-electron chi connectivity index (χ0n) is 11.8. The van der Waals surface area contributed by atoms with Crippen LogP contribution in [0.1, 0.15) is 29.7 Å². The number of ether oxygens (including phenoxy) is 1. The van der Waals surface area contributed by atoms with Crippen molar-refractivity contribution in [3.63, 3.8) is 0 Å². The van der Waals surface area contributed by atoms with Gasteiger partial charge in [0.05, 0.1) is 12.8 Å². The molecule has 0 aliphatic heterocycles. The highest BCUT2D eigenvalue weighted by molar-refractivity contribution is 5.34. The van der Waals surface area contributed by atoms with E-state index in [0.29, 0.717) is 12.5 Å². The predicted octanol–water partition coefficient (Wildman–Crippen LogP) is 2.90. The van der Waals surface area contributed by atoms with Crippen LogP contribution in [0.4, 0.5) is 0 Å². The minimum absolute atomic E-state index is 0.00954.